The third-order valence-corrected chi connectivity index (χ3v) is 5.38. The molecule has 0 radical (unpaired) electrons. The Labute approximate surface area is 169 Å². The molecule has 0 unspecified atom stereocenters. The van der Waals surface area contributed by atoms with Gasteiger partial charge in [-0.15, -0.1) is 0 Å². The minimum absolute atomic E-state index is 0.0675. The van der Waals surface area contributed by atoms with Crippen molar-refractivity contribution < 1.29 is 14.6 Å². The van der Waals surface area contributed by atoms with Crippen molar-refractivity contribution in [1.82, 2.24) is 24.6 Å². The number of carboxylic acid groups (broad SMARTS) is 1. The molecule has 1 aromatic carbocycles. The second-order valence-corrected chi connectivity index (χ2v) is 7.74. The number of benzene rings is 1. The number of nitrogens with zero attached hydrogens (tertiary/aromatic N) is 5. The number of aromatic nitrogens is 4. The zero-order valence-corrected chi connectivity index (χ0v) is 16.8. The number of hydrogen-bond acceptors (Lipinski definition) is 5. The molecule has 4 rings (SSSR count). The molecule has 3 aromatic rings. The number of hydrogen-bond donors (Lipinski definition) is 1. The second-order valence-electron chi connectivity index (χ2n) is 6.49. The van der Waals surface area contributed by atoms with Crippen molar-refractivity contribution in [3.63, 3.8) is 0 Å². The van der Waals surface area contributed by atoms with E-state index in [0.717, 1.165) is 20.2 Å². The minimum atomic E-state index is -0.882. The van der Waals surface area contributed by atoms with Crippen LogP contribution in [0.2, 0.25) is 0 Å². The van der Waals surface area contributed by atoms with E-state index in [4.69, 9.17) is 9.84 Å². The fourth-order valence-corrected chi connectivity index (χ4v) is 3.92. The monoisotopic (exact) mass is 479 g/mol. The number of ether oxygens (including phenoxy) is 1. The Bertz CT molecular complexity index is 998. The highest BCUT2D eigenvalue weighted by Crippen LogP contribution is 2.27. The Kier molecular flexibility index (Phi) is 4.85. The Morgan fingerprint density at radius 3 is 2.78 bits per heavy atom. The zero-order valence-electron chi connectivity index (χ0n) is 14.7. The normalized spacial score (nSPS) is 15.3. The molecule has 0 atom stereocenters. The minimum Gasteiger partial charge on any atom is -0.474 e. The summed E-state index contributed by atoms with van der Waals surface area (Å²) < 4.78 is 9.03. The fraction of sp³-hybridized carbons (Fsp3) is 0.333. The fourth-order valence-electron chi connectivity index (χ4n) is 3.27. The van der Waals surface area contributed by atoms with E-state index in [1.807, 2.05) is 19.1 Å². The van der Waals surface area contributed by atoms with Crippen LogP contribution in [0.25, 0.3) is 16.7 Å². The van der Waals surface area contributed by atoms with Crippen LogP contribution in [0.4, 0.5) is 4.79 Å². The maximum atomic E-state index is 11.0. The molecule has 8 nitrogen and oxygen atoms in total. The number of fused-ring (bicyclic) bond motifs is 1. The molecule has 1 aliphatic rings. The van der Waals surface area contributed by atoms with Crippen LogP contribution in [-0.2, 0) is 0 Å². The summed E-state index contributed by atoms with van der Waals surface area (Å²) in [5.41, 5.74) is 2.76. The Morgan fingerprint density at radius 1 is 1.30 bits per heavy atom. The Balaban J connectivity index is 1.61. The standard InChI is InChI=1S/C18H18IN5O3/c1-11-8-12(19)2-3-15(11)24-16-14(9-22-24)17(21-10-20-16)27-13-4-6-23(7-5-13)18(25)26/h2-3,8-10,13H,4-7H2,1H3,(H,25,26). The van der Waals surface area contributed by atoms with Crippen molar-refractivity contribution in [2.24, 2.45) is 0 Å². The smallest absolute Gasteiger partial charge is 0.407 e. The predicted molar refractivity (Wildman–Crippen MR) is 107 cm³/mol. The van der Waals surface area contributed by atoms with Gasteiger partial charge in [-0.2, -0.15) is 5.10 Å². The van der Waals surface area contributed by atoms with Gasteiger partial charge in [-0.1, -0.05) is 0 Å². The molecule has 1 N–H and O–H groups in total. The SMILES string of the molecule is Cc1cc(I)ccc1-n1ncc2c(OC3CCN(C(=O)O)CC3)ncnc21. The van der Waals surface area contributed by atoms with Crippen LogP contribution in [0.3, 0.4) is 0 Å². The number of rotatable bonds is 3. The lowest BCUT2D eigenvalue weighted by atomic mass is 10.1. The molecule has 0 spiro atoms. The molecule has 0 aliphatic carbocycles. The Hall–Kier alpha value is -2.43. The van der Waals surface area contributed by atoms with Gasteiger partial charge < -0.3 is 14.7 Å². The van der Waals surface area contributed by atoms with E-state index in [9.17, 15) is 4.79 Å². The van der Waals surface area contributed by atoms with Gasteiger partial charge in [-0.05, 0) is 53.3 Å². The lowest BCUT2D eigenvalue weighted by Gasteiger charge is -2.29. The predicted octanol–water partition coefficient (Wildman–Crippen LogP) is 3.25. The summed E-state index contributed by atoms with van der Waals surface area (Å²) in [4.78, 5) is 21.1. The van der Waals surface area contributed by atoms with Crippen molar-refractivity contribution >= 4 is 39.7 Å². The highest BCUT2D eigenvalue weighted by atomic mass is 127. The summed E-state index contributed by atoms with van der Waals surface area (Å²) in [6.07, 6.45) is 3.53. The maximum Gasteiger partial charge on any atom is 0.407 e. The quantitative estimate of drug-likeness (QED) is 0.580. The van der Waals surface area contributed by atoms with Gasteiger partial charge in [0.25, 0.3) is 0 Å². The summed E-state index contributed by atoms with van der Waals surface area (Å²) in [7, 11) is 0. The van der Waals surface area contributed by atoms with Crippen molar-refractivity contribution in [3.05, 3.63) is 39.9 Å². The molecular weight excluding hydrogens is 461 g/mol. The maximum absolute atomic E-state index is 11.0. The van der Waals surface area contributed by atoms with Gasteiger partial charge in [-0.25, -0.2) is 19.4 Å². The molecule has 0 bridgehead atoms. The van der Waals surface area contributed by atoms with Gasteiger partial charge in [0, 0.05) is 29.5 Å². The van der Waals surface area contributed by atoms with Gasteiger partial charge >= 0.3 is 6.09 Å². The highest BCUT2D eigenvalue weighted by molar-refractivity contribution is 14.1. The molecule has 1 fully saturated rings. The number of halogens is 1. The first-order valence-electron chi connectivity index (χ1n) is 8.62. The lowest BCUT2D eigenvalue weighted by molar-refractivity contribution is 0.0879. The van der Waals surface area contributed by atoms with E-state index in [0.29, 0.717) is 37.5 Å². The first kappa shape index (κ1) is 18.0. The van der Waals surface area contributed by atoms with Crippen LogP contribution in [-0.4, -0.2) is 55.0 Å². The number of carbonyl (C=O) groups is 1. The van der Waals surface area contributed by atoms with Crippen LogP contribution in [0.5, 0.6) is 5.88 Å². The second kappa shape index (κ2) is 7.29. The summed E-state index contributed by atoms with van der Waals surface area (Å²) in [6.45, 7) is 2.98. The molecule has 1 amide bonds. The first-order chi connectivity index (χ1) is 13.0. The third-order valence-electron chi connectivity index (χ3n) is 4.71. The van der Waals surface area contributed by atoms with Gasteiger partial charge in [0.2, 0.25) is 5.88 Å². The topological polar surface area (TPSA) is 93.4 Å². The van der Waals surface area contributed by atoms with Gasteiger partial charge in [0.15, 0.2) is 5.65 Å². The average molecular weight is 479 g/mol. The first-order valence-corrected chi connectivity index (χ1v) is 9.70. The largest absolute Gasteiger partial charge is 0.474 e. The van der Waals surface area contributed by atoms with E-state index in [1.54, 1.807) is 10.9 Å². The van der Waals surface area contributed by atoms with E-state index in [1.165, 1.54) is 11.2 Å². The van der Waals surface area contributed by atoms with Crippen LogP contribution in [0, 0.1) is 10.5 Å². The number of amides is 1. The van der Waals surface area contributed by atoms with E-state index < -0.39 is 6.09 Å². The third kappa shape index (κ3) is 3.55. The number of likely N-dealkylation sites (tertiary alicyclic amines) is 1. The van der Waals surface area contributed by atoms with E-state index in [-0.39, 0.29) is 6.10 Å². The van der Waals surface area contributed by atoms with Crippen molar-refractivity contribution in [1.29, 1.82) is 0 Å². The summed E-state index contributed by atoms with van der Waals surface area (Å²) in [5, 5.41) is 14.3. The van der Waals surface area contributed by atoms with Crippen LogP contribution in [0.1, 0.15) is 18.4 Å². The summed E-state index contributed by atoms with van der Waals surface area (Å²) in [5.74, 6) is 0.489. The highest BCUT2D eigenvalue weighted by Gasteiger charge is 2.25. The number of piperidine rings is 1. The molecule has 140 valence electrons. The molecule has 9 heteroatoms. The molecule has 2 aromatic heterocycles. The van der Waals surface area contributed by atoms with E-state index >= 15 is 0 Å². The van der Waals surface area contributed by atoms with Crippen LogP contribution in [0.15, 0.2) is 30.7 Å². The number of aryl methyl sites for hydroxylation is 1. The molecule has 1 saturated heterocycles. The molecule has 3 heterocycles. The van der Waals surface area contributed by atoms with E-state index in [2.05, 4.69) is 43.7 Å². The lowest BCUT2D eigenvalue weighted by Crippen LogP contribution is -2.41. The summed E-state index contributed by atoms with van der Waals surface area (Å²) in [6, 6.07) is 6.15. The molecule has 27 heavy (non-hydrogen) atoms. The average Bonchev–Trinajstić information content (AvgIpc) is 3.07. The van der Waals surface area contributed by atoms with Gasteiger partial charge in [-0.3, -0.25) is 0 Å². The van der Waals surface area contributed by atoms with Crippen molar-refractivity contribution in [3.8, 4) is 11.6 Å². The summed E-state index contributed by atoms with van der Waals surface area (Å²) >= 11 is 2.28. The molecule has 0 saturated carbocycles. The Morgan fingerprint density at radius 2 is 2.07 bits per heavy atom. The molecular formula is C18H18IN5O3. The van der Waals surface area contributed by atoms with Gasteiger partial charge in [0.1, 0.15) is 17.8 Å². The molecule has 1 aliphatic heterocycles. The van der Waals surface area contributed by atoms with Gasteiger partial charge in [0.05, 0.1) is 11.9 Å². The van der Waals surface area contributed by atoms with Crippen molar-refractivity contribution in [2.75, 3.05) is 13.1 Å². The van der Waals surface area contributed by atoms with Crippen LogP contribution < -0.4 is 4.74 Å². The zero-order chi connectivity index (χ0) is 19.0. The van der Waals surface area contributed by atoms with Crippen LogP contribution >= 0.6 is 22.6 Å². The van der Waals surface area contributed by atoms with Crippen molar-refractivity contribution in [2.45, 2.75) is 25.9 Å².